The highest BCUT2D eigenvalue weighted by Gasteiger charge is 2.22. The fourth-order valence-corrected chi connectivity index (χ4v) is 3.70. The summed E-state index contributed by atoms with van der Waals surface area (Å²) in [5.74, 6) is -0.0548. The van der Waals surface area contributed by atoms with E-state index in [-0.39, 0.29) is 11.9 Å². The van der Waals surface area contributed by atoms with Crippen LogP contribution in [0, 0.1) is 0 Å². The number of nitrogens with zero attached hydrogens (tertiary/aromatic N) is 3. The summed E-state index contributed by atoms with van der Waals surface area (Å²) in [6, 6.07) is 19.4. The standard InChI is InChI=1S/C25H26N4O2/c1-2-19-5-7-20(8-6-19)17-28(18-21-4-3-13-26-16-21)24(30)22-9-11-23(12-10-22)29-15-14-27-25(29)31/h3-13,16H,2,14-15,17-18H2,1H3,(H,27,31). The number of aryl methyl sites for hydroxylation is 1. The number of carbonyl (C=O) groups is 2. The van der Waals surface area contributed by atoms with Gasteiger partial charge in [-0.1, -0.05) is 37.3 Å². The predicted molar refractivity (Wildman–Crippen MR) is 121 cm³/mol. The number of hydrogen-bond donors (Lipinski definition) is 1. The number of carbonyl (C=O) groups excluding carboxylic acids is 2. The maximum absolute atomic E-state index is 13.4. The van der Waals surface area contributed by atoms with Crippen LogP contribution >= 0.6 is 0 Å². The van der Waals surface area contributed by atoms with Gasteiger partial charge in [0.15, 0.2) is 0 Å². The largest absolute Gasteiger partial charge is 0.336 e. The van der Waals surface area contributed by atoms with Crippen LogP contribution in [0.3, 0.4) is 0 Å². The van der Waals surface area contributed by atoms with Crippen molar-refractivity contribution in [2.75, 3.05) is 18.0 Å². The smallest absolute Gasteiger partial charge is 0.321 e. The molecule has 1 N–H and O–H groups in total. The number of rotatable bonds is 7. The molecule has 1 aliphatic rings. The maximum Gasteiger partial charge on any atom is 0.321 e. The van der Waals surface area contributed by atoms with E-state index in [1.54, 1.807) is 29.4 Å². The van der Waals surface area contributed by atoms with E-state index in [1.807, 2.05) is 29.2 Å². The Labute approximate surface area is 182 Å². The van der Waals surface area contributed by atoms with Gasteiger partial charge in [-0.05, 0) is 53.4 Å². The number of hydrogen-bond acceptors (Lipinski definition) is 3. The van der Waals surface area contributed by atoms with Crippen LogP contribution in [0.5, 0.6) is 0 Å². The number of aromatic nitrogens is 1. The summed E-state index contributed by atoms with van der Waals surface area (Å²) < 4.78 is 0. The molecule has 1 fully saturated rings. The lowest BCUT2D eigenvalue weighted by molar-refractivity contribution is 0.0730. The zero-order chi connectivity index (χ0) is 21.6. The fourth-order valence-electron chi connectivity index (χ4n) is 3.70. The molecule has 31 heavy (non-hydrogen) atoms. The summed E-state index contributed by atoms with van der Waals surface area (Å²) >= 11 is 0. The molecule has 6 heteroatoms. The second kappa shape index (κ2) is 9.43. The summed E-state index contributed by atoms with van der Waals surface area (Å²) in [6.45, 7) is 4.37. The second-order valence-electron chi connectivity index (χ2n) is 7.62. The third kappa shape index (κ3) is 4.91. The van der Waals surface area contributed by atoms with E-state index in [2.05, 4.69) is 41.5 Å². The minimum absolute atomic E-state index is 0.0548. The average Bonchev–Trinajstić information content (AvgIpc) is 3.25. The average molecular weight is 415 g/mol. The molecule has 2 heterocycles. The minimum atomic E-state index is -0.104. The van der Waals surface area contributed by atoms with Crippen molar-refractivity contribution in [1.82, 2.24) is 15.2 Å². The van der Waals surface area contributed by atoms with Crippen molar-refractivity contribution in [1.29, 1.82) is 0 Å². The van der Waals surface area contributed by atoms with Crippen molar-refractivity contribution in [3.8, 4) is 0 Å². The van der Waals surface area contributed by atoms with E-state index >= 15 is 0 Å². The van der Waals surface area contributed by atoms with Crippen LogP contribution < -0.4 is 10.2 Å². The number of benzene rings is 2. The van der Waals surface area contributed by atoms with Gasteiger partial charge in [-0.15, -0.1) is 0 Å². The van der Waals surface area contributed by atoms with Gasteiger partial charge >= 0.3 is 6.03 Å². The van der Waals surface area contributed by atoms with E-state index in [0.717, 1.165) is 23.2 Å². The topological polar surface area (TPSA) is 65.5 Å². The molecule has 0 radical (unpaired) electrons. The molecule has 0 unspecified atom stereocenters. The van der Waals surface area contributed by atoms with Crippen LogP contribution in [0.2, 0.25) is 0 Å². The third-order valence-corrected chi connectivity index (χ3v) is 5.47. The Balaban J connectivity index is 1.55. The summed E-state index contributed by atoms with van der Waals surface area (Å²) in [6.07, 6.45) is 4.50. The molecule has 2 aromatic carbocycles. The molecule has 0 atom stereocenters. The Morgan fingerprint density at radius 3 is 2.32 bits per heavy atom. The predicted octanol–water partition coefficient (Wildman–Crippen LogP) is 4.02. The Kier molecular flexibility index (Phi) is 6.26. The van der Waals surface area contributed by atoms with Crippen molar-refractivity contribution in [3.63, 3.8) is 0 Å². The van der Waals surface area contributed by atoms with Gasteiger partial charge < -0.3 is 10.2 Å². The molecular weight excluding hydrogens is 388 g/mol. The van der Waals surface area contributed by atoms with Crippen molar-refractivity contribution in [3.05, 3.63) is 95.3 Å². The summed E-state index contributed by atoms with van der Waals surface area (Å²) in [7, 11) is 0. The number of nitrogens with one attached hydrogen (secondary N) is 1. The molecule has 3 aromatic rings. The lowest BCUT2D eigenvalue weighted by Crippen LogP contribution is -2.30. The van der Waals surface area contributed by atoms with E-state index in [9.17, 15) is 9.59 Å². The van der Waals surface area contributed by atoms with Gasteiger partial charge in [0.05, 0.1) is 0 Å². The summed E-state index contributed by atoms with van der Waals surface area (Å²) in [4.78, 5) is 33.0. The Morgan fingerprint density at radius 1 is 1.00 bits per heavy atom. The van der Waals surface area contributed by atoms with Gasteiger partial charge in [0.1, 0.15) is 0 Å². The van der Waals surface area contributed by atoms with E-state index < -0.39 is 0 Å². The van der Waals surface area contributed by atoms with Gasteiger partial charge in [0, 0.05) is 49.8 Å². The Hall–Kier alpha value is -3.67. The molecular formula is C25H26N4O2. The SMILES string of the molecule is CCc1ccc(CN(Cc2cccnc2)C(=O)c2ccc(N3CCNC3=O)cc2)cc1. The second-order valence-corrected chi connectivity index (χ2v) is 7.62. The van der Waals surface area contributed by atoms with Gasteiger partial charge in [-0.2, -0.15) is 0 Å². The van der Waals surface area contributed by atoms with E-state index in [0.29, 0.717) is 31.7 Å². The van der Waals surface area contributed by atoms with Crippen LogP contribution in [0.1, 0.15) is 34.0 Å². The van der Waals surface area contributed by atoms with Crippen molar-refractivity contribution < 1.29 is 9.59 Å². The number of pyridine rings is 1. The zero-order valence-electron chi connectivity index (χ0n) is 17.6. The number of urea groups is 1. The minimum Gasteiger partial charge on any atom is -0.336 e. The number of amides is 3. The first kappa shape index (κ1) is 20.6. The first-order chi connectivity index (χ1) is 15.1. The fraction of sp³-hybridized carbons (Fsp3) is 0.240. The third-order valence-electron chi connectivity index (χ3n) is 5.47. The van der Waals surface area contributed by atoms with E-state index in [1.165, 1.54) is 5.56 Å². The molecule has 3 amide bonds. The normalized spacial score (nSPS) is 13.2. The quantitative estimate of drug-likeness (QED) is 0.635. The monoisotopic (exact) mass is 414 g/mol. The highest BCUT2D eigenvalue weighted by molar-refractivity contribution is 5.97. The zero-order valence-corrected chi connectivity index (χ0v) is 17.6. The lowest BCUT2D eigenvalue weighted by Gasteiger charge is -2.24. The van der Waals surface area contributed by atoms with E-state index in [4.69, 9.17) is 0 Å². The van der Waals surface area contributed by atoms with Crippen LogP contribution in [-0.2, 0) is 19.5 Å². The lowest BCUT2D eigenvalue weighted by atomic mass is 10.1. The Bertz CT molecular complexity index is 1030. The molecule has 1 aromatic heterocycles. The van der Waals surface area contributed by atoms with Crippen LogP contribution in [0.4, 0.5) is 10.5 Å². The summed E-state index contributed by atoms with van der Waals surface area (Å²) in [5.41, 5.74) is 4.72. The van der Waals surface area contributed by atoms with Crippen LogP contribution in [0.15, 0.2) is 73.1 Å². The van der Waals surface area contributed by atoms with Crippen molar-refractivity contribution in [2.24, 2.45) is 0 Å². The maximum atomic E-state index is 13.4. The molecule has 0 spiro atoms. The van der Waals surface area contributed by atoms with Gasteiger partial charge in [0.25, 0.3) is 5.91 Å². The van der Waals surface area contributed by atoms with Gasteiger partial charge in [-0.25, -0.2) is 4.79 Å². The molecule has 4 rings (SSSR count). The van der Waals surface area contributed by atoms with Gasteiger partial charge in [-0.3, -0.25) is 14.7 Å². The number of anilines is 1. The first-order valence-corrected chi connectivity index (χ1v) is 10.6. The molecule has 0 bridgehead atoms. The molecule has 158 valence electrons. The van der Waals surface area contributed by atoms with Crippen molar-refractivity contribution >= 4 is 17.6 Å². The molecule has 1 aliphatic heterocycles. The molecule has 0 saturated carbocycles. The molecule has 0 aliphatic carbocycles. The first-order valence-electron chi connectivity index (χ1n) is 10.6. The van der Waals surface area contributed by atoms with Crippen LogP contribution in [-0.4, -0.2) is 34.9 Å². The summed E-state index contributed by atoms with van der Waals surface area (Å²) in [5, 5.41) is 2.79. The highest BCUT2D eigenvalue weighted by atomic mass is 16.2. The van der Waals surface area contributed by atoms with Crippen LogP contribution in [0.25, 0.3) is 0 Å². The molecule has 6 nitrogen and oxygen atoms in total. The van der Waals surface area contributed by atoms with Crippen molar-refractivity contribution in [2.45, 2.75) is 26.4 Å². The highest BCUT2D eigenvalue weighted by Crippen LogP contribution is 2.20. The molecule has 1 saturated heterocycles. The van der Waals surface area contributed by atoms with Gasteiger partial charge in [0.2, 0.25) is 0 Å². The Morgan fingerprint density at radius 2 is 1.71 bits per heavy atom.